The van der Waals surface area contributed by atoms with Gasteiger partial charge in [0.05, 0.1) is 0 Å². The van der Waals surface area contributed by atoms with Crippen molar-refractivity contribution >= 4 is 21.9 Å². The molecule has 4 rings (SSSR count). The zero-order chi connectivity index (χ0) is 12.7. The molecular weight excluding hydrogens is 234 g/mol. The van der Waals surface area contributed by atoms with Crippen LogP contribution in [0.25, 0.3) is 33.2 Å². The molecule has 0 aliphatic rings. The largest absolute Gasteiger partial charge is 0.338 e. The molecule has 2 heterocycles. The van der Waals surface area contributed by atoms with Crippen molar-refractivity contribution in [1.82, 2.24) is 15.0 Å². The van der Waals surface area contributed by atoms with Gasteiger partial charge in [-0.2, -0.15) is 0 Å². The number of hydrogen-bond donors (Lipinski definition) is 1. The van der Waals surface area contributed by atoms with Crippen LogP contribution in [-0.4, -0.2) is 15.0 Å². The lowest BCUT2D eigenvalue weighted by molar-refractivity contribution is 1.26. The topological polar surface area (TPSA) is 41.6 Å². The molecule has 0 unspecified atom stereocenters. The SMILES string of the molecule is c1ccc2cc(-c3cc4nccnc4[nH]3)ccc2c1. The van der Waals surface area contributed by atoms with Gasteiger partial charge in [-0.1, -0.05) is 36.4 Å². The van der Waals surface area contributed by atoms with Crippen LogP contribution in [0.3, 0.4) is 0 Å². The number of fused-ring (bicyclic) bond motifs is 2. The van der Waals surface area contributed by atoms with E-state index in [0.717, 1.165) is 22.4 Å². The van der Waals surface area contributed by atoms with Crippen molar-refractivity contribution in [1.29, 1.82) is 0 Å². The lowest BCUT2D eigenvalue weighted by Gasteiger charge is -2.01. The summed E-state index contributed by atoms with van der Waals surface area (Å²) in [6, 6.07) is 16.8. The van der Waals surface area contributed by atoms with Crippen molar-refractivity contribution in [3.8, 4) is 11.3 Å². The number of benzene rings is 2. The molecular formula is C16H11N3. The number of nitrogens with zero attached hydrogens (tertiary/aromatic N) is 2. The van der Waals surface area contributed by atoms with Crippen molar-refractivity contribution in [2.45, 2.75) is 0 Å². The van der Waals surface area contributed by atoms with Gasteiger partial charge < -0.3 is 4.98 Å². The molecule has 0 saturated heterocycles. The van der Waals surface area contributed by atoms with Gasteiger partial charge in [0.25, 0.3) is 0 Å². The Morgan fingerprint density at radius 1 is 0.789 bits per heavy atom. The average Bonchev–Trinajstić information content (AvgIpc) is 2.90. The first-order valence-electron chi connectivity index (χ1n) is 6.19. The Bertz CT molecular complexity index is 844. The summed E-state index contributed by atoms with van der Waals surface area (Å²) in [5.41, 5.74) is 3.92. The normalized spacial score (nSPS) is 11.2. The lowest BCUT2D eigenvalue weighted by atomic mass is 10.1. The first-order valence-corrected chi connectivity index (χ1v) is 6.19. The second-order valence-electron chi connectivity index (χ2n) is 4.54. The van der Waals surface area contributed by atoms with Gasteiger partial charge in [-0.05, 0) is 28.5 Å². The van der Waals surface area contributed by atoms with E-state index in [0.29, 0.717) is 0 Å². The Morgan fingerprint density at radius 2 is 1.63 bits per heavy atom. The van der Waals surface area contributed by atoms with E-state index in [4.69, 9.17) is 0 Å². The second-order valence-corrected chi connectivity index (χ2v) is 4.54. The number of rotatable bonds is 1. The van der Waals surface area contributed by atoms with E-state index in [2.05, 4.69) is 57.4 Å². The van der Waals surface area contributed by atoms with Gasteiger partial charge in [-0.3, -0.25) is 4.98 Å². The van der Waals surface area contributed by atoms with Gasteiger partial charge in [0.15, 0.2) is 5.65 Å². The van der Waals surface area contributed by atoms with Crippen molar-refractivity contribution < 1.29 is 0 Å². The van der Waals surface area contributed by atoms with E-state index < -0.39 is 0 Å². The van der Waals surface area contributed by atoms with E-state index >= 15 is 0 Å². The van der Waals surface area contributed by atoms with Crippen molar-refractivity contribution in [3.05, 3.63) is 60.9 Å². The molecule has 0 atom stereocenters. The maximum Gasteiger partial charge on any atom is 0.156 e. The zero-order valence-electron chi connectivity index (χ0n) is 10.2. The molecule has 0 fully saturated rings. The van der Waals surface area contributed by atoms with E-state index in [9.17, 15) is 0 Å². The van der Waals surface area contributed by atoms with Gasteiger partial charge in [-0.15, -0.1) is 0 Å². The van der Waals surface area contributed by atoms with Gasteiger partial charge >= 0.3 is 0 Å². The predicted octanol–water partition coefficient (Wildman–Crippen LogP) is 3.78. The summed E-state index contributed by atoms with van der Waals surface area (Å²) < 4.78 is 0. The molecule has 3 heteroatoms. The second kappa shape index (κ2) is 3.92. The molecule has 4 aromatic rings. The van der Waals surface area contributed by atoms with E-state index in [1.807, 2.05) is 6.07 Å². The Hall–Kier alpha value is -2.68. The predicted molar refractivity (Wildman–Crippen MR) is 76.8 cm³/mol. The van der Waals surface area contributed by atoms with E-state index in [-0.39, 0.29) is 0 Å². The van der Waals surface area contributed by atoms with Gasteiger partial charge in [0.1, 0.15) is 5.52 Å². The van der Waals surface area contributed by atoms with Crippen LogP contribution in [0.15, 0.2) is 60.9 Å². The van der Waals surface area contributed by atoms with Crippen molar-refractivity contribution in [2.24, 2.45) is 0 Å². The highest BCUT2D eigenvalue weighted by molar-refractivity contribution is 5.88. The third-order valence-corrected chi connectivity index (χ3v) is 3.32. The minimum atomic E-state index is 0.825. The Labute approximate surface area is 110 Å². The maximum absolute atomic E-state index is 4.30. The summed E-state index contributed by atoms with van der Waals surface area (Å²) in [5, 5.41) is 2.48. The third-order valence-electron chi connectivity index (χ3n) is 3.32. The highest BCUT2D eigenvalue weighted by Crippen LogP contribution is 2.25. The Morgan fingerprint density at radius 3 is 2.53 bits per heavy atom. The smallest absolute Gasteiger partial charge is 0.156 e. The molecule has 0 bridgehead atoms. The fourth-order valence-corrected chi connectivity index (χ4v) is 2.36. The Kier molecular flexibility index (Phi) is 2.12. The van der Waals surface area contributed by atoms with E-state index in [1.165, 1.54) is 10.8 Å². The van der Waals surface area contributed by atoms with Crippen LogP contribution in [0.2, 0.25) is 0 Å². The van der Waals surface area contributed by atoms with Crippen LogP contribution in [0.1, 0.15) is 0 Å². The fraction of sp³-hybridized carbons (Fsp3) is 0. The fourth-order valence-electron chi connectivity index (χ4n) is 2.36. The van der Waals surface area contributed by atoms with Crippen LogP contribution < -0.4 is 0 Å². The lowest BCUT2D eigenvalue weighted by Crippen LogP contribution is -1.79. The number of aromatic nitrogens is 3. The van der Waals surface area contributed by atoms with Crippen molar-refractivity contribution in [2.75, 3.05) is 0 Å². The maximum atomic E-state index is 4.30. The van der Waals surface area contributed by atoms with E-state index in [1.54, 1.807) is 12.4 Å². The van der Waals surface area contributed by atoms with Gasteiger partial charge in [0, 0.05) is 18.1 Å². The zero-order valence-corrected chi connectivity index (χ0v) is 10.2. The van der Waals surface area contributed by atoms with Crippen LogP contribution in [0.4, 0.5) is 0 Å². The molecule has 2 aromatic carbocycles. The molecule has 0 radical (unpaired) electrons. The van der Waals surface area contributed by atoms with Gasteiger partial charge in [0.2, 0.25) is 0 Å². The number of nitrogens with one attached hydrogen (secondary N) is 1. The van der Waals surface area contributed by atoms with Gasteiger partial charge in [-0.25, -0.2) is 4.98 Å². The monoisotopic (exact) mass is 245 g/mol. The summed E-state index contributed by atoms with van der Waals surface area (Å²) in [5.74, 6) is 0. The van der Waals surface area contributed by atoms with Crippen molar-refractivity contribution in [3.63, 3.8) is 0 Å². The highest BCUT2D eigenvalue weighted by Gasteiger charge is 2.05. The molecule has 3 nitrogen and oxygen atoms in total. The molecule has 90 valence electrons. The molecule has 19 heavy (non-hydrogen) atoms. The third kappa shape index (κ3) is 1.67. The molecule has 0 amide bonds. The first-order chi connectivity index (χ1) is 9.40. The van der Waals surface area contributed by atoms with Crippen LogP contribution in [0, 0.1) is 0 Å². The average molecular weight is 245 g/mol. The summed E-state index contributed by atoms with van der Waals surface area (Å²) in [6.45, 7) is 0. The molecule has 0 spiro atoms. The minimum absolute atomic E-state index is 0.825. The Balaban J connectivity index is 1.93. The quantitative estimate of drug-likeness (QED) is 0.554. The summed E-state index contributed by atoms with van der Waals surface area (Å²) in [4.78, 5) is 11.9. The molecule has 0 aliphatic carbocycles. The molecule has 0 aliphatic heterocycles. The number of aromatic amines is 1. The summed E-state index contributed by atoms with van der Waals surface area (Å²) in [6.07, 6.45) is 3.41. The molecule has 2 aromatic heterocycles. The van der Waals surface area contributed by atoms with Crippen LogP contribution >= 0.6 is 0 Å². The standard InChI is InChI=1S/C16H11N3/c1-2-4-12-9-13(6-5-11(12)3-1)14-10-15-16(19-14)18-8-7-17-15/h1-10H,(H,18,19). The summed E-state index contributed by atoms with van der Waals surface area (Å²) in [7, 11) is 0. The van der Waals surface area contributed by atoms with Crippen LogP contribution in [-0.2, 0) is 0 Å². The molecule has 1 N–H and O–H groups in total. The number of hydrogen-bond acceptors (Lipinski definition) is 2. The number of H-pyrrole nitrogens is 1. The minimum Gasteiger partial charge on any atom is -0.338 e. The molecule has 0 saturated carbocycles. The van der Waals surface area contributed by atoms with Crippen LogP contribution in [0.5, 0.6) is 0 Å². The summed E-state index contributed by atoms with van der Waals surface area (Å²) >= 11 is 0. The first kappa shape index (κ1) is 10.3. The highest BCUT2D eigenvalue weighted by atomic mass is 14.9.